The molecular formula is C11H15N. The molecule has 0 amide bonds. The Morgan fingerprint density at radius 3 is 2.58 bits per heavy atom. The van der Waals surface area contributed by atoms with Crippen LogP contribution >= 0.6 is 0 Å². The standard InChI is InChI=1S/C11H15N/c1-9-7-8-12-11(9)10-5-3-2-4-6-10/h2-6,9,11-12H,7-8H2,1H3/t9-,11-/m0/s1. The van der Waals surface area contributed by atoms with Gasteiger partial charge in [0, 0.05) is 6.04 Å². The van der Waals surface area contributed by atoms with E-state index in [1.54, 1.807) is 0 Å². The monoisotopic (exact) mass is 161 g/mol. The summed E-state index contributed by atoms with van der Waals surface area (Å²) in [6.07, 6.45) is 1.31. The smallest absolute Gasteiger partial charge is 0.0346 e. The summed E-state index contributed by atoms with van der Waals surface area (Å²) in [7, 11) is 0. The Morgan fingerprint density at radius 2 is 2.00 bits per heavy atom. The maximum atomic E-state index is 3.52. The molecule has 1 heterocycles. The van der Waals surface area contributed by atoms with Crippen LogP contribution in [0.25, 0.3) is 0 Å². The van der Waals surface area contributed by atoms with Gasteiger partial charge in [-0.15, -0.1) is 0 Å². The first-order valence-electron chi connectivity index (χ1n) is 4.66. The van der Waals surface area contributed by atoms with E-state index in [1.807, 2.05) is 0 Å². The van der Waals surface area contributed by atoms with Crippen LogP contribution in [0.4, 0.5) is 0 Å². The fraction of sp³-hybridized carbons (Fsp3) is 0.455. The largest absolute Gasteiger partial charge is 0.310 e. The van der Waals surface area contributed by atoms with Gasteiger partial charge >= 0.3 is 0 Å². The number of rotatable bonds is 1. The van der Waals surface area contributed by atoms with Gasteiger partial charge < -0.3 is 5.32 Å². The van der Waals surface area contributed by atoms with Crippen LogP contribution in [-0.4, -0.2) is 6.54 Å². The Labute approximate surface area is 73.8 Å². The minimum atomic E-state index is 0.589. The van der Waals surface area contributed by atoms with Gasteiger partial charge in [0.2, 0.25) is 0 Å². The van der Waals surface area contributed by atoms with Crippen molar-refractivity contribution >= 4 is 0 Å². The molecule has 0 unspecified atom stereocenters. The lowest BCUT2D eigenvalue weighted by molar-refractivity contribution is 0.504. The van der Waals surface area contributed by atoms with Gasteiger partial charge in [-0.3, -0.25) is 0 Å². The first kappa shape index (κ1) is 7.81. The third kappa shape index (κ3) is 1.37. The maximum Gasteiger partial charge on any atom is 0.0346 e. The molecule has 1 saturated heterocycles. The molecule has 1 aromatic carbocycles. The quantitative estimate of drug-likeness (QED) is 0.666. The Hall–Kier alpha value is -0.820. The zero-order valence-electron chi connectivity index (χ0n) is 7.46. The Morgan fingerprint density at radius 1 is 1.25 bits per heavy atom. The zero-order chi connectivity index (χ0) is 8.39. The highest BCUT2D eigenvalue weighted by Gasteiger charge is 2.23. The number of hydrogen-bond acceptors (Lipinski definition) is 1. The van der Waals surface area contributed by atoms with Crippen LogP contribution in [0.5, 0.6) is 0 Å². The van der Waals surface area contributed by atoms with Gasteiger partial charge in [0.1, 0.15) is 0 Å². The molecule has 0 aromatic heterocycles. The molecule has 2 rings (SSSR count). The van der Waals surface area contributed by atoms with Crippen molar-refractivity contribution < 1.29 is 0 Å². The van der Waals surface area contributed by atoms with E-state index in [0.717, 1.165) is 5.92 Å². The Kier molecular flexibility index (Phi) is 2.13. The van der Waals surface area contributed by atoms with E-state index in [0.29, 0.717) is 6.04 Å². The summed E-state index contributed by atoms with van der Waals surface area (Å²) in [5.74, 6) is 0.785. The average Bonchev–Trinajstić information content (AvgIpc) is 2.53. The molecule has 1 aliphatic rings. The van der Waals surface area contributed by atoms with Gasteiger partial charge in [-0.05, 0) is 24.4 Å². The predicted octanol–water partition coefficient (Wildman–Crippen LogP) is 2.36. The number of hydrogen-bond donors (Lipinski definition) is 1. The van der Waals surface area contributed by atoms with Crippen molar-refractivity contribution in [2.24, 2.45) is 5.92 Å². The molecule has 1 aromatic rings. The highest BCUT2D eigenvalue weighted by atomic mass is 14.9. The zero-order valence-corrected chi connectivity index (χ0v) is 7.46. The number of nitrogens with one attached hydrogen (secondary N) is 1. The molecule has 0 aliphatic carbocycles. The molecule has 1 heteroatoms. The van der Waals surface area contributed by atoms with Gasteiger partial charge in [0.05, 0.1) is 0 Å². The minimum Gasteiger partial charge on any atom is -0.310 e. The Bertz CT molecular complexity index is 242. The molecular weight excluding hydrogens is 146 g/mol. The van der Waals surface area contributed by atoms with Crippen molar-refractivity contribution in [2.45, 2.75) is 19.4 Å². The van der Waals surface area contributed by atoms with E-state index in [9.17, 15) is 0 Å². The average molecular weight is 161 g/mol. The predicted molar refractivity (Wildman–Crippen MR) is 51.0 cm³/mol. The van der Waals surface area contributed by atoms with Gasteiger partial charge in [0.25, 0.3) is 0 Å². The van der Waals surface area contributed by atoms with Crippen LogP contribution in [-0.2, 0) is 0 Å². The van der Waals surface area contributed by atoms with Crippen LogP contribution in [0.2, 0.25) is 0 Å². The molecule has 1 nitrogen and oxygen atoms in total. The summed E-state index contributed by atoms with van der Waals surface area (Å²) < 4.78 is 0. The Balaban J connectivity index is 2.19. The second-order valence-corrected chi connectivity index (χ2v) is 3.61. The van der Waals surface area contributed by atoms with Gasteiger partial charge in [-0.1, -0.05) is 37.3 Å². The molecule has 2 atom stereocenters. The SMILES string of the molecule is C[C@H]1CCN[C@@H]1c1ccccc1. The summed E-state index contributed by atoms with van der Waals surface area (Å²) >= 11 is 0. The minimum absolute atomic E-state index is 0.589. The van der Waals surface area contributed by atoms with Gasteiger partial charge in [-0.25, -0.2) is 0 Å². The fourth-order valence-corrected chi connectivity index (χ4v) is 1.94. The summed E-state index contributed by atoms with van der Waals surface area (Å²) in [4.78, 5) is 0. The van der Waals surface area contributed by atoms with Crippen molar-refractivity contribution in [3.05, 3.63) is 35.9 Å². The second-order valence-electron chi connectivity index (χ2n) is 3.61. The lowest BCUT2D eigenvalue weighted by Gasteiger charge is -2.15. The van der Waals surface area contributed by atoms with E-state index in [1.165, 1.54) is 18.5 Å². The third-order valence-corrected chi connectivity index (χ3v) is 2.69. The highest BCUT2D eigenvalue weighted by molar-refractivity contribution is 5.20. The first-order valence-corrected chi connectivity index (χ1v) is 4.66. The van der Waals surface area contributed by atoms with E-state index < -0.39 is 0 Å². The van der Waals surface area contributed by atoms with Crippen LogP contribution < -0.4 is 5.32 Å². The van der Waals surface area contributed by atoms with Crippen molar-refractivity contribution in [3.63, 3.8) is 0 Å². The molecule has 0 spiro atoms. The number of benzene rings is 1. The second kappa shape index (κ2) is 3.28. The molecule has 64 valence electrons. The normalized spacial score (nSPS) is 29.1. The molecule has 0 bridgehead atoms. The van der Waals surface area contributed by atoms with Gasteiger partial charge in [-0.2, -0.15) is 0 Å². The van der Waals surface area contributed by atoms with E-state index in [-0.39, 0.29) is 0 Å². The summed E-state index contributed by atoms with van der Waals surface area (Å²) in [5, 5.41) is 3.52. The van der Waals surface area contributed by atoms with E-state index in [2.05, 4.69) is 42.6 Å². The van der Waals surface area contributed by atoms with Crippen LogP contribution in [0.3, 0.4) is 0 Å². The molecule has 1 fully saturated rings. The lowest BCUT2D eigenvalue weighted by Crippen LogP contribution is -2.16. The van der Waals surface area contributed by atoms with Crippen molar-refractivity contribution in [1.82, 2.24) is 5.32 Å². The summed E-state index contributed by atoms with van der Waals surface area (Å²) in [6, 6.07) is 11.3. The molecule has 12 heavy (non-hydrogen) atoms. The molecule has 0 radical (unpaired) electrons. The lowest BCUT2D eigenvalue weighted by atomic mass is 9.96. The molecule has 1 aliphatic heterocycles. The van der Waals surface area contributed by atoms with Gasteiger partial charge in [0.15, 0.2) is 0 Å². The van der Waals surface area contributed by atoms with Crippen LogP contribution in [0.1, 0.15) is 24.9 Å². The summed E-state index contributed by atoms with van der Waals surface area (Å²) in [6.45, 7) is 3.48. The van der Waals surface area contributed by atoms with Crippen molar-refractivity contribution in [1.29, 1.82) is 0 Å². The maximum absolute atomic E-state index is 3.52. The first-order chi connectivity index (χ1) is 5.88. The molecule has 1 N–H and O–H groups in total. The topological polar surface area (TPSA) is 12.0 Å². The fourth-order valence-electron chi connectivity index (χ4n) is 1.94. The molecule has 0 saturated carbocycles. The van der Waals surface area contributed by atoms with Crippen LogP contribution in [0, 0.1) is 5.92 Å². The summed E-state index contributed by atoms with van der Waals surface area (Å²) in [5.41, 5.74) is 1.43. The van der Waals surface area contributed by atoms with Crippen LogP contribution in [0.15, 0.2) is 30.3 Å². The van der Waals surface area contributed by atoms with E-state index >= 15 is 0 Å². The van der Waals surface area contributed by atoms with E-state index in [4.69, 9.17) is 0 Å². The van der Waals surface area contributed by atoms with Crippen molar-refractivity contribution in [2.75, 3.05) is 6.54 Å². The highest BCUT2D eigenvalue weighted by Crippen LogP contribution is 2.28. The third-order valence-electron chi connectivity index (χ3n) is 2.69. The van der Waals surface area contributed by atoms with Crippen molar-refractivity contribution in [3.8, 4) is 0 Å².